The van der Waals surface area contributed by atoms with E-state index >= 15 is 0 Å². The van der Waals surface area contributed by atoms with E-state index in [0.29, 0.717) is 0 Å². The van der Waals surface area contributed by atoms with Crippen molar-refractivity contribution in [3.05, 3.63) is 0 Å². The number of carbonyl (C=O) groups excluding carboxylic acids is 1. The zero-order valence-electron chi connectivity index (χ0n) is 13.0. The molecule has 0 bridgehead atoms. The first kappa shape index (κ1) is 23.9. The molecule has 25 heavy (non-hydrogen) atoms. The van der Waals surface area contributed by atoms with Gasteiger partial charge in [0.05, 0.1) is 18.8 Å². The Morgan fingerprint density at radius 1 is 1.08 bits per heavy atom. The zero-order valence-corrected chi connectivity index (χ0v) is 13.9. The predicted molar refractivity (Wildman–Crippen MR) is 77.9 cm³/mol. The van der Waals surface area contributed by atoms with Gasteiger partial charge in [0.15, 0.2) is 6.10 Å². The lowest BCUT2D eigenvalue weighted by Gasteiger charge is -2.33. The highest BCUT2D eigenvalue weighted by atomic mass is 31.2. The maximum absolute atomic E-state index is 11.2. The number of nitrogens with one attached hydrogen (secondary N) is 1. The summed E-state index contributed by atoms with van der Waals surface area (Å²) in [6.07, 6.45) is -11.0. The highest BCUT2D eigenvalue weighted by molar-refractivity contribution is 7.46. The quantitative estimate of drug-likeness (QED) is 0.153. The molecule has 0 aliphatic carbocycles. The van der Waals surface area contributed by atoms with Crippen LogP contribution in [0.3, 0.4) is 0 Å². The monoisotopic (exact) mass is 391 g/mol. The molecule has 0 fully saturated rings. The smallest absolute Gasteiger partial charge is 0.470 e. The molecule has 0 aromatic rings. The number of rotatable bonds is 11. The minimum absolute atomic E-state index is 0.809. The van der Waals surface area contributed by atoms with Gasteiger partial charge in [0.2, 0.25) is 5.91 Å². The number of phosphoric acid groups is 1. The third-order valence-corrected chi connectivity index (χ3v) is 3.61. The van der Waals surface area contributed by atoms with E-state index in [1.54, 1.807) is 0 Å². The maximum Gasteiger partial charge on any atom is 0.470 e. The highest BCUT2D eigenvalue weighted by Crippen LogP contribution is 2.38. The largest absolute Gasteiger partial charge is 0.479 e. The fourth-order valence-electron chi connectivity index (χ4n) is 1.91. The van der Waals surface area contributed by atoms with E-state index in [4.69, 9.17) is 20.0 Å². The number of aliphatic carboxylic acids is 1. The van der Waals surface area contributed by atoms with E-state index in [1.165, 1.54) is 0 Å². The Kier molecular flexibility index (Phi) is 9.64. The number of amides is 1. The number of phosphoric ester groups is 1. The van der Waals surface area contributed by atoms with Crippen LogP contribution in [-0.2, 0) is 18.7 Å². The number of carbonyl (C=O) groups is 2. The van der Waals surface area contributed by atoms with Crippen molar-refractivity contribution < 1.29 is 59.1 Å². The van der Waals surface area contributed by atoms with Gasteiger partial charge >= 0.3 is 13.8 Å². The van der Waals surface area contributed by atoms with Crippen molar-refractivity contribution in [3.63, 3.8) is 0 Å². The van der Waals surface area contributed by atoms with E-state index in [1.807, 2.05) is 5.32 Å². The Hall–Kier alpha value is -1.15. The Bertz CT molecular complexity index is 495. The summed E-state index contributed by atoms with van der Waals surface area (Å²) >= 11 is 0. The van der Waals surface area contributed by atoms with E-state index in [2.05, 4.69) is 4.52 Å². The molecule has 0 saturated carbocycles. The van der Waals surface area contributed by atoms with Crippen molar-refractivity contribution in [1.82, 2.24) is 5.32 Å². The summed E-state index contributed by atoms with van der Waals surface area (Å²) in [7, 11) is -5.22. The Morgan fingerprint density at radius 2 is 1.60 bits per heavy atom. The van der Waals surface area contributed by atoms with Crippen LogP contribution in [0.4, 0.5) is 0 Å². The van der Waals surface area contributed by atoms with Gasteiger partial charge in [-0.25, -0.2) is 9.36 Å². The van der Waals surface area contributed by atoms with Crippen molar-refractivity contribution in [1.29, 1.82) is 0 Å². The average molecular weight is 391 g/mol. The van der Waals surface area contributed by atoms with Crippen molar-refractivity contribution >= 4 is 19.7 Å². The molecule has 0 aliphatic rings. The summed E-state index contributed by atoms with van der Waals surface area (Å²) in [5.74, 6) is -2.65. The van der Waals surface area contributed by atoms with Gasteiger partial charge in [-0.15, -0.1) is 0 Å². The molecule has 1 unspecified atom stereocenters. The number of carboxylic acids is 1. The third kappa shape index (κ3) is 8.67. The van der Waals surface area contributed by atoms with Crippen LogP contribution in [0, 0.1) is 0 Å². The molecule has 6 atom stereocenters. The first-order valence-corrected chi connectivity index (χ1v) is 8.40. The average Bonchev–Trinajstić information content (AvgIpc) is 2.47. The molecule has 9 N–H and O–H groups in total. The van der Waals surface area contributed by atoms with Crippen molar-refractivity contribution in [2.24, 2.45) is 0 Å². The molecule has 0 aromatic carbocycles. The molecule has 0 heterocycles. The lowest BCUT2D eigenvalue weighted by molar-refractivity contribution is -0.149. The zero-order chi connectivity index (χ0) is 19.9. The van der Waals surface area contributed by atoms with Gasteiger partial charge < -0.3 is 45.7 Å². The standard InChI is InChI=1S/C11H22NO12P/c1-4(14)12-8(10(18)9(17)6(16)3-13)5(15)2-7(11(19)20)24-25(21,22)23/h5-10,13,15-18H,2-3H2,1H3,(H,12,14)(H,19,20)(H2,21,22,23)/t5-,6+,7?,8+,9+,10+/m0/s1. The van der Waals surface area contributed by atoms with Gasteiger partial charge in [0.1, 0.15) is 18.3 Å². The molecular weight excluding hydrogens is 369 g/mol. The van der Waals surface area contributed by atoms with Crippen LogP contribution in [0.5, 0.6) is 0 Å². The van der Waals surface area contributed by atoms with Crippen LogP contribution in [-0.4, -0.2) is 95.5 Å². The molecule has 13 nitrogen and oxygen atoms in total. The maximum atomic E-state index is 11.2. The molecule has 14 heteroatoms. The van der Waals surface area contributed by atoms with E-state index in [0.717, 1.165) is 6.92 Å². The summed E-state index contributed by atoms with van der Waals surface area (Å²) in [5.41, 5.74) is 0. The predicted octanol–water partition coefficient (Wildman–Crippen LogP) is -4.12. The lowest BCUT2D eigenvalue weighted by Crippen LogP contribution is -2.58. The van der Waals surface area contributed by atoms with E-state index in [9.17, 15) is 34.6 Å². The van der Waals surface area contributed by atoms with Gasteiger partial charge in [0, 0.05) is 13.3 Å². The SMILES string of the molecule is CC(=O)N[C@@H]([C@@H](O)[C@H](O)[C@H](O)CO)[C@@H](O)CC(OP(=O)(O)O)C(=O)O. The van der Waals surface area contributed by atoms with Gasteiger partial charge in [-0.3, -0.25) is 9.32 Å². The van der Waals surface area contributed by atoms with Gasteiger partial charge in [0.25, 0.3) is 0 Å². The molecule has 0 rings (SSSR count). The van der Waals surface area contributed by atoms with Crippen LogP contribution in [0.25, 0.3) is 0 Å². The number of aliphatic hydroxyl groups excluding tert-OH is 5. The fourth-order valence-corrected chi connectivity index (χ4v) is 2.42. The topological polar surface area (TPSA) is 234 Å². The van der Waals surface area contributed by atoms with Crippen molar-refractivity contribution in [2.75, 3.05) is 6.61 Å². The summed E-state index contributed by atoms with van der Waals surface area (Å²) in [6.45, 7) is 0.0162. The van der Waals surface area contributed by atoms with Crippen molar-refractivity contribution in [3.8, 4) is 0 Å². The van der Waals surface area contributed by atoms with Crippen LogP contribution >= 0.6 is 7.82 Å². The van der Waals surface area contributed by atoms with Crippen LogP contribution in [0.2, 0.25) is 0 Å². The van der Waals surface area contributed by atoms with Crippen LogP contribution < -0.4 is 5.32 Å². The van der Waals surface area contributed by atoms with Gasteiger partial charge in [-0.2, -0.15) is 0 Å². The highest BCUT2D eigenvalue weighted by Gasteiger charge is 2.39. The Labute approximate surface area is 141 Å². The summed E-state index contributed by atoms with van der Waals surface area (Å²) in [6, 6.07) is -1.74. The van der Waals surface area contributed by atoms with Gasteiger partial charge in [-0.05, 0) is 0 Å². The normalized spacial score (nSPS) is 19.4. The second kappa shape index (κ2) is 10.1. The number of carboxylic acid groups (broad SMARTS) is 1. The summed E-state index contributed by atoms with van der Waals surface area (Å²) in [5, 5.41) is 58.6. The van der Waals surface area contributed by atoms with E-state index in [-0.39, 0.29) is 0 Å². The Balaban J connectivity index is 5.33. The van der Waals surface area contributed by atoms with Gasteiger partial charge in [-0.1, -0.05) is 0 Å². The molecule has 0 aromatic heterocycles. The first-order chi connectivity index (χ1) is 11.3. The first-order valence-electron chi connectivity index (χ1n) is 6.87. The summed E-state index contributed by atoms with van der Waals surface area (Å²) < 4.78 is 14.7. The van der Waals surface area contributed by atoms with Crippen LogP contribution in [0.1, 0.15) is 13.3 Å². The minimum Gasteiger partial charge on any atom is -0.479 e. The molecule has 0 saturated heterocycles. The summed E-state index contributed by atoms with van der Waals surface area (Å²) in [4.78, 5) is 39.5. The molecule has 1 amide bonds. The van der Waals surface area contributed by atoms with E-state index < -0.39 is 69.3 Å². The Morgan fingerprint density at radius 3 is 1.96 bits per heavy atom. The molecular formula is C11H22NO12P. The third-order valence-electron chi connectivity index (χ3n) is 3.08. The second-order valence-corrected chi connectivity index (χ2v) is 6.38. The minimum atomic E-state index is -5.22. The molecule has 0 spiro atoms. The molecule has 0 aliphatic heterocycles. The lowest BCUT2D eigenvalue weighted by atomic mass is 9.93. The number of aliphatic hydroxyl groups is 5. The number of hydrogen-bond acceptors (Lipinski definition) is 9. The molecule has 148 valence electrons. The molecule has 0 radical (unpaired) electrons. The fraction of sp³-hybridized carbons (Fsp3) is 0.818. The second-order valence-electron chi connectivity index (χ2n) is 5.18. The van der Waals surface area contributed by atoms with Crippen molar-refractivity contribution in [2.45, 2.75) is 49.9 Å². The van der Waals surface area contributed by atoms with Crippen LogP contribution in [0.15, 0.2) is 0 Å². The number of hydrogen-bond donors (Lipinski definition) is 9.